The predicted molar refractivity (Wildman–Crippen MR) is 108 cm³/mol. The van der Waals surface area contributed by atoms with Crippen LogP contribution in [0.3, 0.4) is 0 Å². The Balaban J connectivity index is 1.89. The molecule has 1 aliphatic heterocycles. The molecule has 10 heteroatoms. The first kappa shape index (κ1) is 22.6. The first-order valence-corrected chi connectivity index (χ1v) is 11.0. The molecule has 0 saturated carbocycles. The molecule has 0 bridgehead atoms. The Hall–Kier alpha value is -2.07. The summed E-state index contributed by atoms with van der Waals surface area (Å²) in [5, 5.41) is 0.0882. The second kappa shape index (κ2) is 8.97. The summed E-state index contributed by atoms with van der Waals surface area (Å²) in [7, 11) is -2.33. The van der Waals surface area contributed by atoms with Gasteiger partial charge in [0.15, 0.2) is 11.6 Å². The van der Waals surface area contributed by atoms with Crippen LogP contribution in [0, 0.1) is 11.6 Å². The van der Waals surface area contributed by atoms with Crippen LogP contribution in [0.5, 0.6) is 0 Å². The van der Waals surface area contributed by atoms with E-state index in [-0.39, 0.29) is 28.6 Å². The molecule has 1 aliphatic rings. The molecule has 1 fully saturated rings. The Kier molecular flexibility index (Phi) is 6.76. The van der Waals surface area contributed by atoms with E-state index in [4.69, 9.17) is 16.3 Å². The van der Waals surface area contributed by atoms with E-state index in [0.29, 0.717) is 18.8 Å². The van der Waals surface area contributed by atoms with Crippen molar-refractivity contribution in [2.24, 2.45) is 0 Å². The van der Waals surface area contributed by atoms with Crippen molar-refractivity contribution in [1.29, 1.82) is 0 Å². The van der Waals surface area contributed by atoms with Crippen LogP contribution < -0.4 is 0 Å². The number of benzene rings is 2. The van der Waals surface area contributed by atoms with Crippen LogP contribution in [0.2, 0.25) is 5.02 Å². The van der Waals surface area contributed by atoms with Gasteiger partial charge in [0.1, 0.15) is 0 Å². The van der Waals surface area contributed by atoms with Crippen molar-refractivity contribution in [3.05, 3.63) is 64.2 Å². The third-order valence-electron chi connectivity index (χ3n) is 5.10. The molecule has 1 amide bonds. The van der Waals surface area contributed by atoms with Crippen LogP contribution in [0.4, 0.5) is 8.78 Å². The fourth-order valence-electron chi connectivity index (χ4n) is 3.13. The van der Waals surface area contributed by atoms with E-state index in [0.717, 1.165) is 12.1 Å². The van der Waals surface area contributed by atoms with Gasteiger partial charge < -0.3 is 9.64 Å². The second-order valence-electron chi connectivity index (χ2n) is 6.92. The van der Waals surface area contributed by atoms with E-state index < -0.39 is 33.6 Å². The Labute approximate surface area is 179 Å². The van der Waals surface area contributed by atoms with Crippen LogP contribution >= 0.6 is 11.6 Å². The number of hydrogen-bond acceptors (Lipinski definition) is 4. The van der Waals surface area contributed by atoms with Gasteiger partial charge in [-0.1, -0.05) is 17.7 Å². The van der Waals surface area contributed by atoms with Crippen molar-refractivity contribution in [3.8, 4) is 0 Å². The summed E-state index contributed by atoms with van der Waals surface area (Å²) in [5.41, 5.74) is 0.390. The molecule has 1 atom stereocenters. The number of rotatable bonds is 5. The molecular weight excluding hydrogens is 438 g/mol. The number of sulfonamides is 1. The zero-order chi connectivity index (χ0) is 22.1. The third kappa shape index (κ3) is 4.49. The summed E-state index contributed by atoms with van der Waals surface area (Å²) in [5.74, 6) is -2.54. The van der Waals surface area contributed by atoms with Crippen molar-refractivity contribution in [2.45, 2.75) is 17.9 Å². The van der Waals surface area contributed by atoms with Crippen molar-refractivity contribution in [3.63, 3.8) is 0 Å². The Morgan fingerprint density at radius 3 is 2.43 bits per heavy atom. The number of amides is 1. The summed E-state index contributed by atoms with van der Waals surface area (Å²) < 4.78 is 59.0. The Morgan fingerprint density at radius 2 is 1.80 bits per heavy atom. The highest BCUT2D eigenvalue weighted by Crippen LogP contribution is 2.28. The Bertz CT molecular complexity index is 1060. The maximum Gasteiger partial charge on any atom is 0.255 e. The van der Waals surface area contributed by atoms with Gasteiger partial charge in [-0.15, -0.1) is 0 Å². The minimum absolute atomic E-state index is 0.00272. The van der Waals surface area contributed by atoms with E-state index in [9.17, 15) is 22.0 Å². The lowest BCUT2D eigenvalue weighted by molar-refractivity contribution is 0.0728. The molecule has 3 rings (SSSR count). The molecule has 1 heterocycles. The lowest BCUT2D eigenvalue weighted by Gasteiger charge is -2.27. The van der Waals surface area contributed by atoms with Gasteiger partial charge in [0.2, 0.25) is 10.0 Å². The van der Waals surface area contributed by atoms with Gasteiger partial charge >= 0.3 is 0 Å². The fourth-order valence-corrected chi connectivity index (χ4v) is 4.76. The summed E-state index contributed by atoms with van der Waals surface area (Å²) >= 11 is 6.18. The first-order chi connectivity index (χ1) is 14.1. The monoisotopic (exact) mass is 458 g/mol. The normalized spacial score (nSPS) is 16.3. The average molecular weight is 459 g/mol. The number of nitrogens with zero attached hydrogens (tertiary/aromatic N) is 2. The summed E-state index contributed by atoms with van der Waals surface area (Å²) in [6, 6.07) is 6.73. The zero-order valence-electron chi connectivity index (χ0n) is 16.4. The van der Waals surface area contributed by atoms with Gasteiger partial charge in [0.05, 0.1) is 34.7 Å². The van der Waals surface area contributed by atoms with Gasteiger partial charge in [-0.25, -0.2) is 17.2 Å². The van der Waals surface area contributed by atoms with E-state index in [1.165, 1.54) is 40.5 Å². The topological polar surface area (TPSA) is 66.9 Å². The first-order valence-electron chi connectivity index (χ1n) is 9.22. The fraction of sp³-hybridized carbons (Fsp3) is 0.350. The van der Waals surface area contributed by atoms with Gasteiger partial charge in [-0.3, -0.25) is 4.79 Å². The predicted octanol–water partition coefficient (Wildman–Crippen LogP) is 3.47. The number of morpholine rings is 1. The number of carbonyl (C=O) groups excluding carboxylic acids is 1. The maximum absolute atomic E-state index is 13.6. The SMILES string of the molecule is CC(c1ccc(F)c(F)c1)N(C)C(=O)c1cc(S(=O)(=O)N2CCOCC2)ccc1Cl. The number of hydrogen-bond donors (Lipinski definition) is 0. The molecule has 2 aromatic carbocycles. The van der Waals surface area contributed by atoms with E-state index in [1.54, 1.807) is 6.92 Å². The molecule has 1 unspecified atom stereocenters. The van der Waals surface area contributed by atoms with Crippen molar-refractivity contribution in [1.82, 2.24) is 9.21 Å². The summed E-state index contributed by atoms with van der Waals surface area (Å²) in [4.78, 5) is 14.3. The van der Waals surface area contributed by atoms with Crippen LogP contribution in [0.25, 0.3) is 0 Å². The minimum atomic E-state index is -3.81. The highest BCUT2D eigenvalue weighted by Gasteiger charge is 2.29. The lowest BCUT2D eigenvalue weighted by Crippen LogP contribution is -2.40. The summed E-state index contributed by atoms with van der Waals surface area (Å²) in [6.07, 6.45) is 0. The van der Waals surface area contributed by atoms with Crippen LogP contribution in [0.1, 0.15) is 28.9 Å². The molecule has 1 saturated heterocycles. The lowest BCUT2D eigenvalue weighted by atomic mass is 10.1. The largest absolute Gasteiger partial charge is 0.379 e. The van der Waals surface area contributed by atoms with Crippen molar-refractivity contribution < 1.29 is 26.7 Å². The summed E-state index contributed by atoms with van der Waals surface area (Å²) in [6.45, 7) is 2.69. The van der Waals surface area contributed by atoms with Crippen molar-refractivity contribution >= 4 is 27.5 Å². The van der Waals surface area contributed by atoms with Gasteiger partial charge in [0.25, 0.3) is 5.91 Å². The third-order valence-corrected chi connectivity index (χ3v) is 7.33. The molecule has 0 spiro atoms. The molecule has 30 heavy (non-hydrogen) atoms. The van der Waals surface area contributed by atoms with Crippen LogP contribution in [-0.2, 0) is 14.8 Å². The average Bonchev–Trinajstić information content (AvgIpc) is 2.75. The number of carbonyl (C=O) groups is 1. The van der Waals surface area contributed by atoms with Gasteiger partial charge in [-0.2, -0.15) is 4.31 Å². The smallest absolute Gasteiger partial charge is 0.255 e. The van der Waals surface area contributed by atoms with E-state index in [2.05, 4.69) is 0 Å². The van der Waals surface area contributed by atoms with Crippen molar-refractivity contribution in [2.75, 3.05) is 33.4 Å². The molecule has 162 valence electrons. The van der Waals surface area contributed by atoms with Gasteiger partial charge in [-0.05, 0) is 42.8 Å². The molecule has 0 radical (unpaired) electrons. The molecule has 2 aromatic rings. The highest BCUT2D eigenvalue weighted by atomic mass is 35.5. The zero-order valence-corrected chi connectivity index (χ0v) is 18.0. The minimum Gasteiger partial charge on any atom is -0.379 e. The number of ether oxygens (including phenoxy) is 1. The van der Waals surface area contributed by atoms with Crippen LogP contribution in [-0.4, -0.2) is 56.9 Å². The quantitative estimate of drug-likeness (QED) is 0.688. The number of halogens is 3. The molecule has 0 aromatic heterocycles. The second-order valence-corrected chi connectivity index (χ2v) is 9.27. The van der Waals surface area contributed by atoms with Gasteiger partial charge in [0, 0.05) is 20.1 Å². The molecule has 0 aliphatic carbocycles. The molecular formula is C20H21ClF2N2O4S. The van der Waals surface area contributed by atoms with E-state index >= 15 is 0 Å². The highest BCUT2D eigenvalue weighted by molar-refractivity contribution is 7.89. The van der Waals surface area contributed by atoms with Crippen LogP contribution in [0.15, 0.2) is 41.3 Å². The Morgan fingerprint density at radius 1 is 1.13 bits per heavy atom. The molecule has 6 nitrogen and oxygen atoms in total. The maximum atomic E-state index is 13.6. The molecule has 0 N–H and O–H groups in total. The van der Waals surface area contributed by atoms with E-state index in [1.807, 2.05) is 0 Å². The standard InChI is InChI=1S/C20H21ClF2N2O4S/c1-13(14-3-6-18(22)19(23)11-14)24(2)20(26)16-12-15(4-5-17(16)21)30(27,28)25-7-9-29-10-8-25/h3-6,11-13H,7-10H2,1-2H3.